The molecule has 1 heterocycles. The lowest BCUT2D eigenvalue weighted by Crippen LogP contribution is -2.34. The second kappa shape index (κ2) is 3.67. The third-order valence-corrected chi connectivity index (χ3v) is 2.62. The summed E-state index contributed by atoms with van der Waals surface area (Å²) in [4.78, 5) is 13.2. The van der Waals surface area contributed by atoms with E-state index in [9.17, 15) is 4.79 Å². The molecule has 1 saturated heterocycles. The van der Waals surface area contributed by atoms with Gasteiger partial charge in [0.15, 0.2) is 0 Å². The Morgan fingerprint density at radius 2 is 2.21 bits per heavy atom. The molecule has 0 N–H and O–H groups in total. The van der Waals surface area contributed by atoms with E-state index in [0.717, 1.165) is 0 Å². The maximum Gasteiger partial charge on any atom is 0.239 e. The highest BCUT2D eigenvalue weighted by Crippen LogP contribution is 2.29. The number of likely N-dealkylation sites (tertiary alicyclic amines) is 1. The fraction of sp³-hybridized carbons (Fsp3) is 0.700. The van der Waals surface area contributed by atoms with Crippen molar-refractivity contribution < 1.29 is 4.79 Å². The number of nitrogens with zero attached hydrogens (tertiary/aromatic N) is 3. The monoisotopic (exact) mass is 191 g/mol. The maximum atomic E-state index is 11.6. The highest BCUT2D eigenvalue weighted by atomic mass is 16.2. The van der Waals surface area contributed by atoms with Crippen LogP contribution in [0.25, 0.3) is 0 Å². The molecule has 0 saturated carbocycles. The van der Waals surface area contributed by atoms with Crippen molar-refractivity contribution in [3.05, 3.63) is 0 Å². The molecule has 14 heavy (non-hydrogen) atoms. The van der Waals surface area contributed by atoms with Gasteiger partial charge >= 0.3 is 0 Å². The predicted octanol–water partition coefficient (Wildman–Crippen LogP) is 0.908. The fourth-order valence-corrected chi connectivity index (χ4v) is 1.57. The Morgan fingerprint density at radius 3 is 2.64 bits per heavy atom. The smallest absolute Gasteiger partial charge is 0.239 e. The van der Waals surface area contributed by atoms with Crippen molar-refractivity contribution in [1.29, 1.82) is 10.5 Å². The molecule has 4 nitrogen and oxygen atoms in total. The summed E-state index contributed by atoms with van der Waals surface area (Å²) in [6.45, 7) is 4.48. The molecule has 0 aromatic heterocycles. The molecule has 1 fully saturated rings. The van der Waals surface area contributed by atoms with Crippen molar-refractivity contribution in [3.63, 3.8) is 0 Å². The van der Waals surface area contributed by atoms with E-state index in [4.69, 9.17) is 10.5 Å². The first-order valence-electron chi connectivity index (χ1n) is 4.62. The van der Waals surface area contributed by atoms with E-state index in [1.165, 1.54) is 0 Å². The van der Waals surface area contributed by atoms with E-state index in [0.29, 0.717) is 19.5 Å². The molecule has 1 rings (SSSR count). The highest BCUT2D eigenvalue weighted by molar-refractivity contribution is 5.81. The van der Waals surface area contributed by atoms with Gasteiger partial charge in [-0.05, 0) is 20.3 Å². The van der Waals surface area contributed by atoms with Crippen LogP contribution >= 0.6 is 0 Å². The summed E-state index contributed by atoms with van der Waals surface area (Å²) < 4.78 is 0. The Kier molecular flexibility index (Phi) is 2.76. The van der Waals surface area contributed by atoms with Gasteiger partial charge < -0.3 is 4.90 Å². The molecule has 0 aliphatic carbocycles. The highest BCUT2D eigenvalue weighted by Gasteiger charge is 2.37. The number of hydrogen-bond donors (Lipinski definition) is 0. The first kappa shape index (κ1) is 10.5. The summed E-state index contributed by atoms with van der Waals surface area (Å²) >= 11 is 0. The molecule has 0 bridgehead atoms. The topological polar surface area (TPSA) is 67.9 Å². The number of hydrogen-bond acceptors (Lipinski definition) is 3. The van der Waals surface area contributed by atoms with Gasteiger partial charge in [0.1, 0.15) is 5.92 Å². The zero-order valence-electron chi connectivity index (χ0n) is 8.45. The lowest BCUT2D eigenvalue weighted by atomic mass is 9.92. The Morgan fingerprint density at radius 1 is 1.57 bits per heavy atom. The second-order valence-corrected chi connectivity index (χ2v) is 4.03. The average Bonchev–Trinajstić information content (AvgIpc) is 2.59. The minimum absolute atomic E-state index is 0.161. The van der Waals surface area contributed by atoms with Crippen LogP contribution in [0, 0.1) is 34.0 Å². The molecular weight excluding hydrogens is 178 g/mol. The van der Waals surface area contributed by atoms with Gasteiger partial charge in [-0.1, -0.05) is 0 Å². The molecule has 0 spiro atoms. The van der Waals surface area contributed by atoms with Crippen LogP contribution in [-0.4, -0.2) is 23.9 Å². The number of amides is 1. The van der Waals surface area contributed by atoms with Crippen LogP contribution < -0.4 is 0 Å². The van der Waals surface area contributed by atoms with Gasteiger partial charge in [0.25, 0.3) is 0 Å². The zero-order chi connectivity index (χ0) is 10.8. The lowest BCUT2D eigenvalue weighted by Gasteiger charge is -2.18. The van der Waals surface area contributed by atoms with Crippen LogP contribution in [0.15, 0.2) is 0 Å². The van der Waals surface area contributed by atoms with Crippen LogP contribution in [0.2, 0.25) is 0 Å². The standard InChI is InChI=1S/C10H13N3O/c1-8(5-11)9(14)13-4-3-10(2,6-12)7-13/h8H,3-4,7H2,1-2H3. The molecule has 0 radical (unpaired) electrons. The SMILES string of the molecule is CC(C#N)C(=O)N1CCC(C)(C#N)C1. The zero-order valence-corrected chi connectivity index (χ0v) is 8.45. The number of carbonyl (C=O) groups excluding carboxylic acids is 1. The molecule has 1 amide bonds. The Hall–Kier alpha value is -1.55. The molecule has 1 aliphatic rings. The molecule has 0 aromatic carbocycles. The Labute approximate surface area is 83.7 Å². The number of rotatable bonds is 1. The van der Waals surface area contributed by atoms with Gasteiger partial charge in [-0.2, -0.15) is 10.5 Å². The Bertz CT molecular complexity index is 325. The average molecular weight is 191 g/mol. The fourth-order valence-electron chi connectivity index (χ4n) is 1.57. The van der Waals surface area contributed by atoms with Crippen molar-refractivity contribution in [3.8, 4) is 12.1 Å². The normalized spacial score (nSPS) is 27.9. The van der Waals surface area contributed by atoms with Gasteiger partial charge in [-0.25, -0.2) is 0 Å². The van der Waals surface area contributed by atoms with Gasteiger partial charge in [0.2, 0.25) is 5.91 Å². The molecule has 1 aliphatic heterocycles. The second-order valence-electron chi connectivity index (χ2n) is 4.03. The van der Waals surface area contributed by atoms with Crippen molar-refractivity contribution in [2.24, 2.45) is 11.3 Å². The minimum Gasteiger partial charge on any atom is -0.340 e. The van der Waals surface area contributed by atoms with Crippen molar-refractivity contribution >= 4 is 5.91 Å². The molecular formula is C10H13N3O. The molecule has 2 unspecified atom stereocenters. The summed E-state index contributed by atoms with van der Waals surface area (Å²) in [5, 5.41) is 17.5. The van der Waals surface area contributed by atoms with E-state index >= 15 is 0 Å². The Balaban J connectivity index is 2.65. The van der Waals surface area contributed by atoms with E-state index in [1.807, 2.05) is 13.0 Å². The summed E-state index contributed by atoms with van der Waals surface area (Å²) in [6, 6.07) is 4.12. The van der Waals surface area contributed by atoms with Crippen LogP contribution in [0.3, 0.4) is 0 Å². The largest absolute Gasteiger partial charge is 0.340 e. The quantitative estimate of drug-likeness (QED) is 0.618. The van der Waals surface area contributed by atoms with E-state index in [2.05, 4.69) is 6.07 Å². The van der Waals surface area contributed by atoms with Crippen LogP contribution in [0.4, 0.5) is 0 Å². The number of nitriles is 2. The summed E-state index contributed by atoms with van der Waals surface area (Å²) in [5.74, 6) is -0.762. The van der Waals surface area contributed by atoms with E-state index < -0.39 is 11.3 Å². The van der Waals surface area contributed by atoms with Crippen LogP contribution in [0.5, 0.6) is 0 Å². The van der Waals surface area contributed by atoms with Gasteiger partial charge in [-0.15, -0.1) is 0 Å². The van der Waals surface area contributed by atoms with Crippen LogP contribution in [-0.2, 0) is 4.79 Å². The van der Waals surface area contributed by atoms with Gasteiger partial charge in [0.05, 0.1) is 17.6 Å². The van der Waals surface area contributed by atoms with E-state index in [-0.39, 0.29) is 5.91 Å². The first-order chi connectivity index (χ1) is 6.52. The van der Waals surface area contributed by atoms with Crippen molar-refractivity contribution in [2.75, 3.05) is 13.1 Å². The summed E-state index contributed by atoms with van der Waals surface area (Å²) in [6.07, 6.45) is 0.702. The molecule has 0 aromatic rings. The van der Waals surface area contributed by atoms with Crippen molar-refractivity contribution in [1.82, 2.24) is 4.90 Å². The van der Waals surface area contributed by atoms with Crippen molar-refractivity contribution in [2.45, 2.75) is 20.3 Å². The summed E-state index contributed by atoms with van der Waals surface area (Å²) in [7, 11) is 0. The molecule has 74 valence electrons. The van der Waals surface area contributed by atoms with Gasteiger partial charge in [0, 0.05) is 13.1 Å². The molecule has 4 heteroatoms. The minimum atomic E-state index is -0.601. The van der Waals surface area contributed by atoms with E-state index in [1.54, 1.807) is 11.8 Å². The maximum absolute atomic E-state index is 11.6. The summed E-state index contributed by atoms with van der Waals surface area (Å²) in [5.41, 5.74) is -0.426. The first-order valence-corrected chi connectivity index (χ1v) is 4.62. The lowest BCUT2D eigenvalue weighted by molar-refractivity contribution is -0.132. The predicted molar refractivity (Wildman–Crippen MR) is 49.7 cm³/mol. The number of carbonyl (C=O) groups is 1. The van der Waals surface area contributed by atoms with Gasteiger partial charge in [-0.3, -0.25) is 4.79 Å². The third kappa shape index (κ3) is 1.85. The third-order valence-electron chi connectivity index (χ3n) is 2.62. The molecule has 2 atom stereocenters. The van der Waals surface area contributed by atoms with Crippen LogP contribution in [0.1, 0.15) is 20.3 Å².